The molecule has 1 unspecified atom stereocenters. The predicted octanol–water partition coefficient (Wildman–Crippen LogP) is 2.36. The number of carbonyl (C=O) groups excluding carboxylic acids is 1. The van der Waals surface area contributed by atoms with Crippen LogP contribution in [0.25, 0.3) is 11.0 Å². The molecular weight excluding hydrogens is 348 g/mol. The van der Waals surface area contributed by atoms with E-state index >= 15 is 0 Å². The van der Waals surface area contributed by atoms with Crippen molar-refractivity contribution in [2.45, 2.75) is 37.8 Å². The van der Waals surface area contributed by atoms with E-state index in [-0.39, 0.29) is 5.91 Å². The number of carbonyl (C=O) groups is 1. The van der Waals surface area contributed by atoms with E-state index < -0.39 is 5.38 Å². The van der Waals surface area contributed by atoms with Crippen LogP contribution in [-0.2, 0) is 11.3 Å². The van der Waals surface area contributed by atoms with Gasteiger partial charge in [-0.05, 0) is 19.1 Å². The molecule has 0 saturated carbocycles. The van der Waals surface area contributed by atoms with E-state index in [1.807, 2.05) is 6.26 Å². The molecular formula is C15H23ClN6OS. The number of hydrogen-bond acceptors (Lipinski definition) is 6. The quantitative estimate of drug-likeness (QED) is 0.421. The SMILES string of the molecule is CSc1nc(NCC(C)C)c2cnn(CCNC(=O)C(C)Cl)c2n1. The maximum Gasteiger partial charge on any atom is 0.237 e. The van der Waals surface area contributed by atoms with Gasteiger partial charge in [0.15, 0.2) is 10.8 Å². The average molecular weight is 371 g/mol. The fourth-order valence-electron chi connectivity index (χ4n) is 2.05. The van der Waals surface area contributed by atoms with E-state index in [2.05, 4.69) is 39.5 Å². The van der Waals surface area contributed by atoms with Crippen molar-refractivity contribution in [3.63, 3.8) is 0 Å². The number of nitrogens with zero attached hydrogens (tertiary/aromatic N) is 4. The summed E-state index contributed by atoms with van der Waals surface area (Å²) in [6.07, 6.45) is 3.70. The minimum absolute atomic E-state index is 0.188. The number of hydrogen-bond donors (Lipinski definition) is 2. The zero-order valence-corrected chi connectivity index (χ0v) is 15.9. The second kappa shape index (κ2) is 8.53. The van der Waals surface area contributed by atoms with Crippen molar-refractivity contribution in [2.24, 2.45) is 5.92 Å². The minimum atomic E-state index is -0.545. The Morgan fingerprint density at radius 1 is 1.38 bits per heavy atom. The lowest BCUT2D eigenvalue weighted by Gasteiger charge is -2.11. The van der Waals surface area contributed by atoms with Crippen molar-refractivity contribution in [3.8, 4) is 0 Å². The smallest absolute Gasteiger partial charge is 0.237 e. The average Bonchev–Trinajstić information content (AvgIpc) is 2.95. The van der Waals surface area contributed by atoms with Crippen LogP contribution >= 0.6 is 23.4 Å². The van der Waals surface area contributed by atoms with Gasteiger partial charge in [0.25, 0.3) is 0 Å². The van der Waals surface area contributed by atoms with E-state index in [0.717, 1.165) is 23.4 Å². The monoisotopic (exact) mass is 370 g/mol. The van der Waals surface area contributed by atoms with Crippen molar-refractivity contribution >= 4 is 46.1 Å². The zero-order valence-electron chi connectivity index (χ0n) is 14.3. The van der Waals surface area contributed by atoms with Crippen LogP contribution in [0, 0.1) is 5.92 Å². The molecule has 1 amide bonds. The zero-order chi connectivity index (χ0) is 17.7. The van der Waals surface area contributed by atoms with Gasteiger partial charge >= 0.3 is 0 Å². The summed E-state index contributed by atoms with van der Waals surface area (Å²) >= 11 is 7.22. The maximum atomic E-state index is 11.5. The van der Waals surface area contributed by atoms with Gasteiger partial charge in [-0.3, -0.25) is 4.79 Å². The van der Waals surface area contributed by atoms with Gasteiger partial charge in [0.1, 0.15) is 11.2 Å². The van der Waals surface area contributed by atoms with Gasteiger partial charge in [-0.2, -0.15) is 5.10 Å². The highest BCUT2D eigenvalue weighted by Gasteiger charge is 2.14. The lowest BCUT2D eigenvalue weighted by Crippen LogP contribution is -2.32. The molecule has 1 atom stereocenters. The Labute approximate surface area is 150 Å². The van der Waals surface area contributed by atoms with Gasteiger partial charge in [0.05, 0.1) is 18.1 Å². The molecule has 0 aliphatic rings. The fraction of sp³-hybridized carbons (Fsp3) is 0.600. The molecule has 0 saturated heterocycles. The number of thioether (sulfide) groups is 1. The van der Waals surface area contributed by atoms with Crippen LogP contribution in [0.2, 0.25) is 0 Å². The first-order chi connectivity index (χ1) is 11.4. The molecule has 0 aliphatic carbocycles. The van der Waals surface area contributed by atoms with Crippen molar-refractivity contribution in [3.05, 3.63) is 6.20 Å². The van der Waals surface area contributed by atoms with Gasteiger partial charge in [0, 0.05) is 13.1 Å². The second-order valence-corrected chi connectivity index (χ2v) is 7.27. The van der Waals surface area contributed by atoms with Crippen LogP contribution in [0.5, 0.6) is 0 Å². The standard InChI is InChI=1S/C15H23ClN6OS/c1-9(2)7-18-12-11-8-19-22(6-5-17-14(23)10(3)16)13(11)21-15(20-12)24-4/h8-10H,5-7H2,1-4H3,(H,17,23)(H,18,20,21). The topological polar surface area (TPSA) is 84.7 Å². The number of rotatable bonds is 8. The molecule has 0 aliphatic heterocycles. The molecule has 0 spiro atoms. The predicted molar refractivity (Wildman–Crippen MR) is 98.8 cm³/mol. The van der Waals surface area contributed by atoms with Crippen LogP contribution in [0.3, 0.4) is 0 Å². The molecule has 2 aromatic heterocycles. The molecule has 132 valence electrons. The lowest BCUT2D eigenvalue weighted by molar-refractivity contribution is -0.120. The Morgan fingerprint density at radius 2 is 2.12 bits per heavy atom. The Kier molecular flexibility index (Phi) is 6.68. The van der Waals surface area contributed by atoms with E-state index in [1.165, 1.54) is 11.8 Å². The summed E-state index contributed by atoms with van der Waals surface area (Å²) in [6, 6.07) is 0. The molecule has 7 nitrogen and oxygen atoms in total. The Bertz CT molecular complexity index is 703. The molecule has 2 aromatic rings. The highest BCUT2D eigenvalue weighted by Crippen LogP contribution is 2.23. The summed E-state index contributed by atoms with van der Waals surface area (Å²) < 4.78 is 1.77. The Morgan fingerprint density at radius 3 is 2.75 bits per heavy atom. The van der Waals surface area contributed by atoms with Gasteiger partial charge in [-0.25, -0.2) is 14.6 Å². The third kappa shape index (κ3) is 4.73. The number of amides is 1. The van der Waals surface area contributed by atoms with Crippen LogP contribution in [0.4, 0.5) is 5.82 Å². The third-order valence-electron chi connectivity index (χ3n) is 3.32. The summed E-state index contributed by atoms with van der Waals surface area (Å²) in [5, 5.41) is 11.5. The highest BCUT2D eigenvalue weighted by molar-refractivity contribution is 7.98. The molecule has 2 rings (SSSR count). The lowest BCUT2D eigenvalue weighted by atomic mass is 10.2. The molecule has 0 radical (unpaired) electrons. The Hall–Kier alpha value is -1.54. The molecule has 2 heterocycles. The second-order valence-electron chi connectivity index (χ2n) is 5.85. The molecule has 0 bridgehead atoms. The first kappa shape index (κ1) is 18.8. The molecule has 0 aromatic carbocycles. The molecule has 2 N–H and O–H groups in total. The van der Waals surface area contributed by atoms with Crippen molar-refractivity contribution in [1.82, 2.24) is 25.1 Å². The number of fused-ring (bicyclic) bond motifs is 1. The van der Waals surface area contributed by atoms with Crippen LogP contribution in [0.15, 0.2) is 11.4 Å². The van der Waals surface area contributed by atoms with E-state index in [0.29, 0.717) is 24.2 Å². The van der Waals surface area contributed by atoms with Crippen molar-refractivity contribution in [2.75, 3.05) is 24.7 Å². The maximum absolute atomic E-state index is 11.5. The first-order valence-electron chi connectivity index (χ1n) is 7.85. The summed E-state index contributed by atoms with van der Waals surface area (Å²) in [5.74, 6) is 1.12. The van der Waals surface area contributed by atoms with E-state index in [4.69, 9.17) is 11.6 Å². The third-order valence-corrected chi connectivity index (χ3v) is 4.07. The number of halogens is 1. The van der Waals surface area contributed by atoms with Crippen LogP contribution in [-0.4, -0.2) is 50.4 Å². The number of aromatic nitrogens is 4. The van der Waals surface area contributed by atoms with E-state index in [1.54, 1.807) is 17.8 Å². The van der Waals surface area contributed by atoms with Crippen molar-refractivity contribution in [1.29, 1.82) is 0 Å². The van der Waals surface area contributed by atoms with Gasteiger partial charge in [-0.15, -0.1) is 11.6 Å². The number of anilines is 1. The fourth-order valence-corrected chi connectivity index (χ4v) is 2.49. The molecule has 9 heteroatoms. The first-order valence-corrected chi connectivity index (χ1v) is 9.51. The summed E-state index contributed by atoms with van der Waals surface area (Å²) in [6.45, 7) is 7.72. The highest BCUT2D eigenvalue weighted by atomic mass is 35.5. The van der Waals surface area contributed by atoms with Gasteiger partial charge in [-0.1, -0.05) is 25.6 Å². The van der Waals surface area contributed by atoms with Crippen molar-refractivity contribution < 1.29 is 4.79 Å². The Balaban J connectivity index is 2.19. The summed E-state index contributed by atoms with van der Waals surface area (Å²) in [4.78, 5) is 20.6. The van der Waals surface area contributed by atoms with E-state index in [9.17, 15) is 4.79 Å². The molecule has 24 heavy (non-hydrogen) atoms. The number of alkyl halides is 1. The normalized spacial score (nSPS) is 12.6. The van der Waals surface area contributed by atoms with Crippen LogP contribution in [0.1, 0.15) is 20.8 Å². The van der Waals surface area contributed by atoms with Crippen LogP contribution < -0.4 is 10.6 Å². The molecule has 0 fully saturated rings. The minimum Gasteiger partial charge on any atom is -0.369 e. The largest absolute Gasteiger partial charge is 0.369 e. The number of nitrogens with one attached hydrogen (secondary N) is 2. The summed E-state index contributed by atoms with van der Waals surface area (Å²) in [7, 11) is 0. The summed E-state index contributed by atoms with van der Waals surface area (Å²) in [5.41, 5.74) is 0.758. The van der Waals surface area contributed by atoms with Gasteiger partial charge < -0.3 is 10.6 Å². The van der Waals surface area contributed by atoms with Gasteiger partial charge in [0.2, 0.25) is 5.91 Å².